The van der Waals surface area contributed by atoms with Gasteiger partial charge in [-0.25, -0.2) is 18.8 Å². The average Bonchev–Trinajstić information content (AvgIpc) is 2.63. The summed E-state index contributed by atoms with van der Waals surface area (Å²) in [5.74, 6) is -1.08. The van der Waals surface area contributed by atoms with Gasteiger partial charge in [-0.3, -0.25) is 4.79 Å². The molecule has 0 radical (unpaired) electrons. The van der Waals surface area contributed by atoms with E-state index in [1.807, 2.05) is 0 Å². The van der Waals surface area contributed by atoms with Crippen molar-refractivity contribution < 1.29 is 18.3 Å². The topological polar surface area (TPSA) is 77.6 Å². The van der Waals surface area contributed by atoms with Gasteiger partial charge in [-0.15, -0.1) is 0 Å². The highest BCUT2D eigenvalue weighted by molar-refractivity contribution is 6.36. The first-order valence-corrected chi connectivity index (χ1v) is 8.49. The van der Waals surface area contributed by atoms with Gasteiger partial charge in [0.15, 0.2) is 5.78 Å². The van der Waals surface area contributed by atoms with E-state index >= 15 is 0 Å². The monoisotopic (exact) mass is 411 g/mol. The van der Waals surface area contributed by atoms with E-state index in [9.17, 15) is 13.6 Å². The highest BCUT2D eigenvalue weighted by Gasteiger charge is 2.35. The van der Waals surface area contributed by atoms with Gasteiger partial charge in [0.05, 0.1) is 16.3 Å². The number of hydrogen-bond acceptors (Lipinski definition) is 5. The van der Waals surface area contributed by atoms with E-state index in [-0.39, 0.29) is 28.7 Å². The molecule has 1 aromatic carbocycles. The first-order valence-electron chi connectivity index (χ1n) is 7.73. The Hall–Kier alpha value is -2.51. The molecule has 2 aromatic rings. The van der Waals surface area contributed by atoms with Gasteiger partial charge in [-0.2, -0.15) is 0 Å². The molecule has 0 amide bonds. The van der Waals surface area contributed by atoms with E-state index in [0.717, 1.165) is 12.3 Å². The molecule has 0 bridgehead atoms. The third-order valence-electron chi connectivity index (χ3n) is 3.98. The molecule has 0 aliphatic carbocycles. The van der Waals surface area contributed by atoms with Gasteiger partial charge in [-0.05, 0) is 29.8 Å². The molecule has 2 N–H and O–H groups in total. The van der Waals surface area contributed by atoms with Crippen LogP contribution in [-0.4, -0.2) is 23.5 Å². The Morgan fingerprint density at radius 1 is 1.30 bits per heavy atom. The van der Waals surface area contributed by atoms with Crippen LogP contribution < -0.4 is 5.73 Å². The number of ketones is 1. The molecule has 0 saturated heterocycles. The minimum Gasteiger partial charge on any atom is -0.434 e. The molecule has 0 fully saturated rings. The van der Waals surface area contributed by atoms with Gasteiger partial charge in [0.25, 0.3) is 6.02 Å². The SMILES string of the molecule is NC1=N[C@](CF)(c2cc(CC(=O)c3ncc(Cl)cc3Cl)ccc2F)C=CO1. The van der Waals surface area contributed by atoms with E-state index in [4.69, 9.17) is 33.7 Å². The molecule has 9 heteroatoms. The molecular formula is C18H13Cl2F2N3O2. The summed E-state index contributed by atoms with van der Waals surface area (Å²) in [4.78, 5) is 20.3. The summed E-state index contributed by atoms with van der Waals surface area (Å²) >= 11 is 11.8. The Morgan fingerprint density at radius 3 is 2.74 bits per heavy atom. The van der Waals surface area contributed by atoms with Crippen molar-refractivity contribution in [2.75, 3.05) is 6.67 Å². The lowest BCUT2D eigenvalue weighted by Gasteiger charge is -2.27. The number of benzene rings is 1. The molecule has 1 aromatic heterocycles. The number of amidine groups is 1. The Labute approximate surface area is 163 Å². The molecule has 1 aliphatic rings. The molecule has 140 valence electrons. The smallest absolute Gasteiger partial charge is 0.288 e. The van der Waals surface area contributed by atoms with Crippen molar-refractivity contribution in [1.29, 1.82) is 0 Å². The molecule has 2 heterocycles. The van der Waals surface area contributed by atoms with Crippen LogP contribution in [-0.2, 0) is 16.7 Å². The minimum absolute atomic E-state index is 0.0420. The van der Waals surface area contributed by atoms with Crippen molar-refractivity contribution in [3.05, 3.63) is 75.5 Å². The zero-order valence-electron chi connectivity index (χ0n) is 13.8. The Bertz CT molecular complexity index is 966. The van der Waals surface area contributed by atoms with Crippen molar-refractivity contribution in [3.63, 3.8) is 0 Å². The standard InChI is InChI=1S/C18H13Cl2F2N3O2/c19-11-7-13(20)16(24-8-11)15(26)6-10-1-2-14(22)12(5-10)18(9-21)3-4-27-17(23)25-18/h1-5,7-8H,6,9H2,(H2,23,25)/t18-/m1/s1. The van der Waals surface area contributed by atoms with Crippen molar-refractivity contribution in [2.24, 2.45) is 10.7 Å². The van der Waals surface area contributed by atoms with Crippen molar-refractivity contribution >= 4 is 35.0 Å². The summed E-state index contributed by atoms with van der Waals surface area (Å²) < 4.78 is 33.0. The fourth-order valence-corrected chi connectivity index (χ4v) is 3.16. The second-order valence-electron chi connectivity index (χ2n) is 5.83. The normalized spacial score (nSPS) is 18.7. The molecule has 1 aliphatic heterocycles. The molecule has 0 spiro atoms. The van der Waals surface area contributed by atoms with E-state index in [1.54, 1.807) is 0 Å². The van der Waals surface area contributed by atoms with Crippen molar-refractivity contribution in [3.8, 4) is 0 Å². The second-order valence-corrected chi connectivity index (χ2v) is 6.67. The largest absolute Gasteiger partial charge is 0.434 e. The number of nitrogens with two attached hydrogens (primary N) is 1. The maximum absolute atomic E-state index is 14.4. The number of alkyl halides is 1. The number of rotatable bonds is 5. The van der Waals surface area contributed by atoms with Crippen LogP contribution in [0.15, 0.2) is 47.8 Å². The van der Waals surface area contributed by atoms with Crippen molar-refractivity contribution in [1.82, 2.24) is 4.98 Å². The number of carbonyl (C=O) groups excluding carboxylic acids is 1. The molecular weight excluding hydrogens is 399 g/mol. The predicted octanol–water partition coefficient (Wildman–Crippen LogP) is 3.98. The Kier molecular flexibility index (Phi) is 5.43. The van der Waals surface area contributed by atoms with Crippen LogP contribution in [0.25, 0.3) is 0 Å². The van der Waals surface area contributed by atoms with Crippen LogP contribution in [0.1, 0.15) is 21.6 Å². The van der Waals surface area contributed by atoms with Crippen LogP contribution in [0.2, 0.25) is 10.0 Å². The fraction of sp³-hybridized carbons (Fsp3) is 0.167. The maximum Gasteiger partial charge on any atom is 0.288 e. The van der Waals surface area contributed by atoms with Gasteiger partial charge in [0.1, 0.15) is 23.7 Å². The van der Waals surface area contributed by atoms with Gasteiger partial charge in [0, 0.05) is 18.2 Å². The number of nitrogens with zero attached hydrogens (tertiary/aromatic N) is 2. The lowest BCUT2D eigenvalue weighted by atomic mass is 9.89. The van der Waals surface area contributed by atoms with Crippen LogP contribution in [0, 0.1) is 5.82 Å². The number of ether oxygens (including phenoxy) is 1. The summed E-state index contributed by atoms with van der Waals surface area (Å²) in [6, 6.07) is 5.04. The highest BCUT2D eigenvalue weighted by atomic mass is 35.5. The number of aromatic nitrogens is 1. The van der Waals surface area contributed by atoms with Gasteiger partial charge in [0.2, 0.25) is 0 Å². The molecule has 27 heavy (non-hydrogen) atoms. The lowest BCUT2D eigenvalue weighted by molar-refractivity contribution is 0.0988. The van der Waals surface area contributed by atoms with E-state index in [2.05, 4.69) is 9.98 Å². The third-order valence-corrected chi connectivity index (χ3v) is 4.47. The molecule has 1 atom stereocenters. The molecule has 3 rings (SSSR count). The van der Waals surface area contributed by atoms with Crippen LogP contribution in [0.4, 0.5) is 8.78 Å². The summed E-state index contributed by atoms with van der Waals surface area (Å²) in [5.41, 5.74) is 4.26. The van der Waals surface area contributed by atoms with Gasteiger partial charge in [-0.1, -0.05) is 29.3 Å². The quantitative estimate of drug-likeness (QED) is 0.754. The number of aliphatic imine (C=N–C) groups is 1. The Morgan fingerprint density at radius 2 is 2.07 bits per heavy atom. The molecule has 0 unspecified atom stereocenters. The summed E-state index contributed by atoms with van der Waals surface area (Å²) in [6.45, 7) is -1.04. The van der Waals surface area contributed by atoms with Gasteiger partial charge < -0.3 is 10.5 Å². The predicted molar refractivity (Wildman–Crippen MR) is 98.2 cm³/mol. The van der Waals surface area contributed by atoms with E-state index < -0.39 is 23.8 Å². The maximum atomic E-state index is 14.4. The highest BCUT2D eigenvalue weighted by Crippen LogP contribution is 2.33. The Balaban J connectivity index is 1.95. The number of hydrogen-bond donors (Lipinski definition) is 1. The average molecular weight is 412 g/mol. The summed E-state index contributed by atoms with van der Waals surface area (Å²) in [6.07, 6.45) is 3.60. The van der Waals surface area contributed by atoms with Crippen LogP contribution in [0.5, 0.6) is 0 Å². The van der Waals surface area contributed by atoms with Crippen LogP contribution >= 0.6 is 23.2 Å². The number of carbonyl (C=O) groups is 1. The second kappa shape index (κ2) is 7.62. The van der Waals surface area contributed by atoms with Crippen LogP contribution in [0.3, 0.4) is 0 Å². The first-order chi connectivity index (χ1) is 12.8. The third kappa shape index (κ3) is 3.94. The molecule has 0 saturated carbocycles. The van der Waals surface area contributed by atoms with Crippen molar-refractivity contribution in [2.45, 2.75) is 12.0 Å². The fourth-order valence-electron chi connectivity index (χ4n) is 2.68. The number of pyridine rings is 1. The lowest BCUT2D eigenvalue weighted by Crippen LogP contribution is -2.32. The van der Waals surface area contributed by atoms with E-state index in [0.29, 0.717) is 10.6 Å². The zero-order chi connectivity index (χ0) is 19.6. The van der Waals surface area contributed by atoms with Gasteiger partial charge >= 0.3 is 0 Å². The van der Waals surface area contributed by atoms with E-state index in [1.165, 1.54) is 30.5 Å². The zero-order valence-corrected chi connectivity index (χ0v) is 15.3. The molecule has 5 nitrogen and oxygen atoms in total. The summed E-state index contributed by atoms with van der Waals surface area (Å²) in [5, 5.41) is 0.409. The minimum atomic E-state index is -1.65. The summed E-state index contributed by atoms with van der Waals surface area (Å²) in [7, 11) is 0. The number of Topliss-reactive ketones (excluding diaryl/α,β-unsaturated/α-hetero) is 1. The first kappa shape index (κ1) is 19.3. The number of halogens is 4.